The van der Waals surface area contributed by atoms with Crippen LogP contribution in [0.5, 0.6) is 0 Å². The van der Waals surface area contributed by atoms with Crippen LogP contribution in [-0.2, 0) is 6.54 Å². The first-order valence-corrected chi connectivity index (χ1v) is 7.49. The summed E-state index contributed by atoms with van der Waals surface area (Å²) < 4.78 is 38.1. The van der Waals surface area contributed by atoms with Gasteiger partial charge in [0.25, 0.3) is 0 Å². The topological polar surface area (TPSA) is 15.3 Å². The highest BCUT2D eigenvalue weighted by Gasteiger charge is 2.32. The molecule has 0 spiro atoms. The maximum atomic E-state index is 12.7. The highest BCUT2D eigenvalue weighted by atomic mass is 35.5. The summed E-state index contributed by atoms with van der Waals surface area (Å²) in [5.41, 5.74) is 1.42. The van der Waals surface area contributed by atoms with Crippen LogP contribution < -0.4 is 10.2 Å². The molecule has 1 aliphatic rings. The van der Waals surface area contributed by atoms with E-state index in [1.807, 2.05) is 6.07 Å². The summed E-state index contributed by atoms with van der Waals surface area (Å²) in [4.78, 5) is 1.28. The quantitative estimate of drug-likeness (QED) is 0.837. The van der Waals surface area contributed by atoms with Crippen LogP contribution in [0.1, 0.15) is 32.3 Å². The highest BCUT2D eigenvalue weighted by Crippen LogP contribution is 2.31. The maximum absolute atomic E-state index is 12.7. The Kier molecular flexibility index (Phi) is 5.04. The van der Waals surface area contributed by atoms with E-state index < -0.39 is 12.7 Å². The molecule has 0 atom stereocenters. The number of nitrogens with one attached hydrogen (secondary N) is 1. The first-order chi connectivity index (χ1) is 9.76. The number of halogens is 4. The summed E-state index contributed by atoms with van der Waals surface area (Å²) in [6, 6.07) is 5.57. The van der Waals surface area contributed by atoms with E-state index in [-0.39, 0.29) is 6.04 Å². The third-order valence-electron chi connectivity index (χ3n) is 3.47. The number of anilines is 1. The molecule has 0 bridgehead atoms. The van der Waals surface area contributed by atoms with Crippen molar-refractivity contribution >= 4 is 17.3 Å². The summed E-state index contributed by atoms with van der Waals surface area (Å²) in [7, 11) is 0. The second kappa shape index (κ2) is 6.44. The molecule has 2 rings (SSSR count). The van der Waals surface area contributed by atoms with E-state index in [9.17, 15) is 13.2 Å². The molecule has 0 aliphatic heterocycles. The molecule has 1 saturated carbocycles. The molecule has 1 aromatic carbocycles. The molecule has 118 valence electrons. The first kappa shape index (κ1) is 16.4. The molecule has 0 radical (unpaired) electrons. The molecule has 6 heteroatoms. The second-order valence-corrected chi connectivity index (χ2v) is 6.18. The van der Waals surface area contributed by atoms with Crippen LogP contribution in [-0.4, -0.2) is 24.8 Å². The average molecular weight is 321 g/mol. The van der Waals surface area contributed by atoms with Crippen LogP contribution >= 0.6 is 11.6 Å². The monoisotopic (exact) mass is 320 g/mol. The molecule has 1 fully saturated rings. The molecule has 0 aromatic heterocycles. The molecule has 1 aromatic rings. The van der Waals surface area contributed by atoms with Crippen LogP contribution in [0, 0.1) is 0 Å². The molecule has 0 amide bonds. The number of hydrogen-bond donors (Lipinski definition) is 1. The van der Waals surface area contributed by atoms with Crippen LogP contribution in [0.25, 0.3) is 0 Å². The van der Waals surface area contributed by atoms with E-state index in [2.05, 4.69) is 5.32 Å². The van der Waals surface area contributed by atoms with E-state index in [0.29, 0.717) is 23.3 Å². The SMILES string of the molecule is CC(C)N(CC(F)(F)F)c1ccc(CNC2CC2)cc1Cl. The predicted octanol–water partition coefficient (Wildman–Crippen LogP) is 4.37. The minimum atomic E-state index is -4.25. The van der Waals surface area contributed by atoms with Crippen molar-refractivity contribution in [3.8, 4) is 0 Å². The minimum absolute atomic E-state index is 0.278. The van der Waals surface area contributed by atoms with Crippen molar-refractivity contribution in [1.29, 1.82) is 0 Å². The van der Waals surface area contributed by atoms with Gasteiger partial charge in [0.05, 0.1) is 10.7 Å². The number of rotatable bonds is 6. The van der Waals surface area contributed by atoms with E-state index >= 15 is 0 Å². The van der Waals surface area contributed by atoms with Crippen LogP contribution in [0.2, 0.25) is 5.02 Å². The van der Waals surface area contributed by atoms with E-state index in [1.165, 1.54) is 17.7 Å². The van der Waals surface area contributed by atoms with Gasteiger partial charge in [-0.05, 0) is 44.4 Å². The van der Waals surface area contributed by atoms with Gasteiger partial charge in [-0.15, -0.1) is 0 Å². The molecule has 2 nitrogen and oxygen atoms in total. The standard InChI is InChI=1S/C15H20ClF3N2/c1-10(2)21(9-15(17,18)19)14-6-3-11(7-13(14)16)8-20-12-4-5-12/h3,6-7,10,12,20H,4-5,8-9H2,1-2H3. The van der Waals surface area contributed by atoms with Gasteiger partial charge in [0.2, 0.25) is 0 Å². The van der Waals surface area contributed by atoms with Crippen LogP contribution in [0.15, 0.2) is 18.2 Å². The van der Waals surface area contributed by atoms with Gasteiger partial charge in [0.15, 0.2) is 0 Å². The van der Waals surface area contributed by atoms with Crippen molar-refractivity contribution in [2.24, 2.45) is 0 Å². The summed E-state index contributed by atoms with van der Waals surface area (Å²) >= 11 is 6.19. The molecule has 0 unspecified atom stereocenters. The lowest BCUT2D eigenvalue weighted by molar-refractivity contribution is -0.120. The zero-order valence-corrected chi connectivity index (χ0v) is 12.9. The van der Waals surface area contributed by atoms with Crippen molar-refractivity contribution in [2.45, 2.75) is 51.5 Å². The van der Waals surface area contributed by atoms with Gasteiger partial charge in [-0.2, -0.15) is 13.2 Å². The third-order valence-corrected chi connectivity index (χ3v) is 3.77. The Balaban J connectivity index is 2.12. The van der Waals surface area contributed by atoms with Crippen molar-refractivity contribution in [3.05, 3.63) is 28.8 Å². The largest absolute Gasteiger partial charge is 0.405 e. The number of benzene rings is 1. The van der Waals surface area contributed by atoms with E-state index in [0.717, 1.165) is 5.56 Å². The van der Waals surface area contributed by atoms with Gasteiger partial charge in [0, 0.05) is 18.6 Å². The lowest BCUT2D eigenvalue weighted by Gasteiger charge is -2.30. The summed E-state index contributed by atoms with van der Waals surface area (Å²) in [6.45, 7) is 3.16. The van der Waals surface area contributed by atoms with Crippen molar-refractivity contribution in [2.75, 3.05) is 11.4 Å². The third kappa shape index (κ3) is 5.08. The molecule has 21 heavy (non-hydrogen) atoms. The van der Waals surface area contributed by atoms with E-state index in [4.69, 9.17) is 11.6 Å². The molecular weight excluding hydrogens is 301 g/mol. The number of nitrogens with zero attached hydrogens (tertiary/aromatic N) is 1. The highest BCUT2D eigenvalue weighted by molar-refractivity contribution is 6.33. The predicted molar refractivity (Wildman–Crippen MR) is 79.9 cm³/mol. The van der Waals surface area contributed by atoms with Gasteiger partial charge >= 0.3 is 6.18 Å². The van der Waals surface area contributed by atoms with Gasteiger partial charge in [-0.25, -0.2) is 0 Å². The minimum Gasteiger partial charge on any atom is -0.359 e. The summed E-state index contributed by atoms with van der Waals surface area (Å²) in [5.74, 6) is 0. The Labute approximate surface area is 128 Å². The van der Waals surface area contributed by atoms with Crippen LogP contribution in [0.3, 0.4) is 0 Å². The average Bonchev–Trinajstić information content (AvgIpc) is 3.17. The smallest absolute Gasteiger partial charge is 0.359 e. The van der Waals surface area contributed by atoms with E-state index in [1.54, 1.807) is 26.0 Å². The van der Waals surface area contributed by atoms with Gasteiger partial charge in [-0.3, -0.25) is 0 Å². The Hall–Kier alpha value is -0.940. The lowest BCUT2D eigenvalue weighted by Crippen LogP contribution is -2.39. The number of hydrogen-bond acceptors (Lipinski definition) is 2. The zero-order chi connectivity index (χ0) is 15.6. The second-order valence-electron chi connectivity index (χ2n) is 5.78. The maximum Gasteiger partial charge on any atom is 0.405 e. The van der Waals surface area contributed by atoms with Crippen LogP contribution in [0.4, 0.5) is 18.9 Å². The molecule has 0 saturated heterocycles. The fourth-order valence-corrected chi connectivity index (χ4v) is 2.49. The van der Waals surface area contributed by atoms with Crippen molar-refractivity contribution in [1.82, 2.24) is 5.32 Å². The van der Waals surface area contributed by atoms with Gasteiger partial charge in [0.1, 0.15) is 6.54 Å². The molecule has 1 aliphatic carbocycles. The van der Waals surface area contributed by atoms with Crippen molar-refractivity contribution < 1.29 is 13.2 Å². The fourth-order valence-electron chi connectivity index (χ4n) is 2.18. The van der Waals surface area contributed by atoms with Gasteiger partial charge in [-0.1, -0.05) is 17.7 Å². The first-order valence-electron chi connectivity index (χ1n) is 7.11. The molecule has 1 N–H and O–H groups in total. The normalized spacial score (nSPS) is 15.6. The Bertz CT molecular complexity index is 484. The fraction of sp³-hybridized carbons (Fsp3) is 0.600. The lowest BCUT2D eigenvalue weighted by atomic mass is 10.1. The Morgan fingerprint density at radius 3 is 2.48 bits per heavy atom. The molecule has 0 heterocycles. The Morgan fingerprint density at radius 2 is 2.00 bits per heavy atom. The zero-order valence-electron chi connectivity index (χ0n) is 12.2. The van der Waals surface area contributed by atoms with Crippen molar-refractivity contribution in [3.63, 3.8) is 0 Å². The Morgan fingerprint density at radius 1 is 1.33 bits per heavy atom. The summed E-state index contributed by atoms with van der Waals surface area (Å²) in [6.07, 6.45) is -1.86. The summed E-state index contributed by atoms with van der Waals surface area (Å²) in [5, 5.41) is 3.72. The van der Waals surface area contributed by atoms with Gasteiger partial charge < -0.3 is 10.2 Å². The molecular formula is C15H20ClF3N2. The number of alkyl halides is 3.